The number of benzene rings is 2. The second-order valence-electron chi connectivity index (χ2n) is 5.19. The number of rotatable bonds is 7. The van der Waals surface area contributed by atoms with Crippen LogP contribution in [0.15, 0.2) is 36.4 Å². The third kappa shape index (κ3) is 3.92. The molecule has 0 aliphatic carbocycles. The van der Waals surface area contributed by atoms with E-state index >= 15 is 0 Å². The molecular formula is C18H24NO3+. The summed E-state index contributed by atoms with van der Waals surface area (Å²) in [5.74, 6) is 2.47. The summed E-state index contributed by atoms with van der Waals surface area (Å²) in [5.41, 5.74) is 3.67. The van der Waals surface area contributed by atoms with E-state index in [1.54, 1.807) is 21.3 Å². The third-order valence-corrected chi connectivity index (χ3v) is 3.67. The predicted molar refractivity (Wildman–Crippen MR) is 86.6 cm³/mol. The zero-order valence-electron chi connectivity index (χ0n) is 13.7. The summed E-state index contributed by atoms with van der Waals surface area (Å²) in [4.78, 5) is 0. The Bertz CT molecular complexity index is 626. The van der Waals surface area contributed by atoms with Gasteiger partial charge in [0.1, 0.15) is 18.8 Å². The molecule has 0 unspecified atom stereocenters. The smallest absolute Gasteiger partial charge is 0.161 e. The standard InChI is InChI=1S/C18H23NO3/c1-13-9-14(5-7-16(13)20-2)11-19-12-15-6-8-17(21-3)18(10-15)22-4/h5-10,19H,11-12H2,1-4H3/p+1. The lowest BCUT2D eigenvalue weighted by molar-refractivity contribution is -0.686. The molecule has 2 aromatic carbocycles. The molecule has 0 bridgehead atoms. The van der Waals surface area contributed by atoms with Crippen molar-refractivity contribution in [2.75, 3.05) is 21.3 Å². The van der Waals surface area contributed by atoms with Crippen LogP contribution < -0.4 is 19.5 Å². The monoisotopic (exact) mass is 302 g/mol. The summed E-state index contributed by atoms with van der Waals surface area (Å²) in [5, 5.41) is 2.27. The average molecular weight is 302 g/mol. The first-order valence-electron chi connectivity index (χ1n) is 7.34. The summed E-state index contributed by atoms with van der Waals surface area (Å²) in [6.07, 6.45) is 0. The highest BCUT2D eigenvalue weighted by molar-refractivity contribution is 5.42. The molecule has 4 heteroatoms. The average Bonchev–Trinajstić information content (AvgIpc) is 2.55. The van der Waals surface area contributed by atoms with Crippen LogP contribution in [-0.2, 0) is 13.1 Å². The van der Waals surface area contributed by atoms with Crippen molar-refractivity contribution in [1.82, 2.24) is 0 Å². The molecule has 0 saturated carbocycles. The fourth-order valence-electron chi connectivity index (χ4n) is 2.48. The summed E-state index contributed by atoms with van der Waals surface area (Å²) in [7, 11) is 5.01. The highest BCUT2D eigenvalue weighted by Crippen LogP contribution is 2.27. The lowest BCUT2D eigenvalue weighted by atomic mass is 10.1. The SMILES string of the molecule is COc1ccc(C[NH2+]Cc2ccc(OC)c(OC)c2)cc1C. The molecule has 118 valence electrons. The van der Waals surface area contributed by atoms with E-state index in [9.17, 15) is 0 Å². The Balaban J connectivity index is 1.95. The van der Waals surface area contributed by atoms with Crippen LogP contribution in [0.5, 0.6) is 17.2 Å². The van der Waals surface area contributed by atoms with Gasteiger partial charge in [-0.2, -0.15) is 0 Å². The number of aryl methyl sites for hydroxylation is 1. The molecule has 2 rings (SSSR count). The van der Waals surface area contributed by atoms with Crippen LogP contribution in [0.3, 0.4) is 0 Å². The van der Waals surface area contributed by atoms with Crippen LogP contribution in [0.2, 0.25) is 0 Å². The van der Waals surface area contributed by atoms with Crippen LogP contribution in [0.4, 0.5) is 0 Å². The van der Waals surface area contributed by atoms with E-state index in [1.165, 1.54) is 16.7 Å². The van der Waals surface area contributed by atoms with Gasteiger partial charge in [0, 0.05) is 11.1 Å². The minimum atomic E-state index is 0.761. The highest BCUT2D eigenvalue weighted by atomic mass is 16.5. The van der Waals surface area contributed by atoms with Crippen LogP contribution in [-0.4, -0.2) is 21.3 Å². The Morgan fingerprint density at radius 2 is 1.27 bits per heavy atom. The first kappa shape index (κ1) is 16.2. The Hall–Kier alpha value is -2.20. The Kier molecular flexibility index (Phi) is 5.67. The number of quaternary nitrogens is 1. The lowest BCUT2D eigenvalue weighted by Crippen LogP contribution is -2.80. The quantitative estimate of drug-likeness (QED) is 0.853. The van der Waals surface area contributed by atoms with Gasteiger partial charge >= 0.3 is 0 Å². The molecule has 0 aliphatic rings. The van der Waals surface area contributed by atoms with Gasteiger partial charge in [-0.05, 0) is 48.9 Å². The predicted octanol–water partition coefficient (Wildman–Crippen LogP) is 2.28. The lowest BCUT2D eigenvalue weighted by Gasteiger charge is -2.10. The minimum absolute atomic E-state index is 0.761. The maximum absolute atomic E-state index is 5.33. The maximum atomic E-state index is 5.33. The van der Waals surface area contributed by atoms with E-state index in [0.29, 0.717) is 0 Å². The van der Waals surface area contributed by atoms with Gasteiger partial charge in [-0.25, -0.2) is 0 Å². The van der Waals surface area contributed by atoms with Crippen molar-refractivity contribution in [1.29, 1.82) is 0 Å². The number of hydrogen-bond acceptors (Lipinski definition) is 3. The fraction of sp³-hybridized carbons (Fsp3) is 0.333. The van der Waals surface area contributed by atoms with Crippen molar-refractivity contribution >= 4 is 0 Å². The van der Waals surface area contributed by atoms with Gasteiger partial charge < -0.3 is 19.5 Å². The van der Waals surface area contributed by atoms with Crippen molar-refractivity contribution in [3.63, 3.8) is 0 Å². The highest BCUT2D eigenvalue weighted by Gasteiger charge is 2.06. The molecule has 0 saturated heterocycles. The van der Waals surface area contributed by atoms with E-state index < -0.39 is 0 Å². The van der Waals surface area contributed by atoms with Gasteiger partial charge in [-0.3, -0.25) is 0 Å². The van der Waals surface area contributed by atoms with Crippen molar-refractivity contribution < 1.29 is 19.5 Å². The van der Waals surface area contributed by atoms with E-state index in [1.807, 2.05) is 18.2 Å². The molecule has 2 aromatic rings. The van der Waals surface area contributed by atoms with Crippen LogP contribution in [0, 0.1) is 6.92 Å². The fourth-order valence-corrected chi connectivity index (χ4v) is 2.48. The largest absolute Gasteiger partial charge is 0.496 e. The number of methoxy groups -OCH3 is 3. The molecule has 22 heavy (non-hydrogen) atoms. The number of ether oxygens (including phenoxy) is 3. The molecule has 2 N–H and O–H groups in total. The summed E-state index contributed by atoms with van der Waals surface area (Å²) < 4.78 is 15.9. The molecule has 0 heterocycles. The summed E-state index contributed by atoms with van der Waals surface area (Å²) in [6, 6.07) is 12.3. The van der Waals surface area contributed by atoms with Crippen molar-refractivity contribution in [3.8, 4) is 17.2 Å². The summed E-state index contributed by atoms with van der Waals surface area (Å²) in [6.45, 7) is 3.89. The summed E-state index contributed by atoms with van der Waals surface area (Å²) >= 11 is 0. The van der Waals surface area contributed by atoms with Crippen LogP contribution in [0.1, 0.15) is 16.7 Å². The third-order valence-electron chi connectivity index (χ3n) is 3.67. The maximum Gasteiger partial charge on any atom is 0.161 e. The van der Waals surface area contributed by atoms with E-state index in [4.69, 9.17) is 14.2 Å². The topological polar surface area (TPSA) is 44.3 Å². The van der Waals surface area contributed by atoms with Gasteiger partial charge in [0.25, 0.3) is 0 Å². The van der Waals surface area contributed by atoms with Crippen molar-refractivity contribution in [3.05, 3.63) is 53.1 Å². The van der Waals surface area contributed by atoms with Gasteiger partial charge in [0.05, 0.1) is 21.3 Å². The van der Waals surface area contributed by atoms with Gasteiger partial charge in [-0.15, -0.1) is 0 Å². The minimum Gasteiger partial charge on any atom is -0.496 e. The molecule has 0 aliphatic heterocycles. The zero-order chi connectivity index (χ0) is 15.9. The Labute approximate surface area is 132 Å². The molecular weight excluding hydrogens is 278 g/mol. The van der Waals surface area contributed by atoms with Gasteiger partial charge in [0.15, 0.2) is 11.5 Å². The molecule has 4 nitrogen and oxygen atoms in total. The van der Waals surface area contributed by atoms with Crippen molar-refractivity contribution in [2.45, 2.75) is 20.0 Å². The van der Waals surface area contributed by atoms with Gasteiger partial charge in [0.2, 0.25) is 0 Å². The zero-order valence-corrected chi connectivity index (χ0v) is 13.7. The normalized spacial score (nSPS) is 10.4. The van der Waals surface area contributed by atoms with Crippen LogP contribution in [0.25, 0.3) is 0 Å². The van der Waals surface area contributed by atoms with Crippen molar-refractivity contribution in [2.24, 2.45) is 0 Å². The van der Waals surface area contributed by atoms with Crippen LogP contribution >= 0.6 is 0 Å². The molecule has 0 radical (unpaired) electrons. The van der Waals surface area contributed by atoms with E-state index in [-0.39, 0.29) is 0 Å². The Morgan fingerprint density at radius 3 is 1.82 bits per heavy atom. The second kappa shape index (κ2) is 7.71. The molecule has 0 atom stereocenters. The second-order valence-corrected chi connectivity index (χ2v) is 5.19. The molecule has 0 spiro atoms. The van der Waals surface area contributed by atoms with Gasteiger partial charge in [-0.1, -0.05) is 0 Å². The van der Waals surface area contributed by atoms with E-state index in [2.05, 4.69) is 30.4 Å². The Morgan fingerprint density at radius 1 is 0.727 bits per heavy atom. The van der Waals surface area contributed by atoms with E-state index in [0.717, 1.165) is 30.3 Å². The first-order chi connectivity index (χ1) is 10.7. The number of nitrogens with two attached hydrogens (primary N) is 1. The first-order valence-corrected chi connectivity index (χ1v) is 7.34. The number of hydrogen-bond donors (Lipinski definition) is 1. The molecule has 0 amide bonds. The molecule has 0 fully saturated rings. The molecule has 0 aromatic heterocycles.